The van der Waals surface area contributed by atoms with Crippen molar-refractivity contribution >= 4 is 23.8 Å². The molecule has 6 heteroatoms. The number of carboxylic acids is 1. The minimum absolute atomic E-state index is 0.289. The molecule has 0 spiro atoms. The smallest absolute Gasteiger partial charge is 0.326 e. The zero-order chi connectivity index (χ0) is 13.5. The predicted molar refractivity (Wildman–Crippen MR) is 72.9 cm³/mol. The van der Waals surface area contributed by atoms with Gasteiger partial charge in [-0.05, 0) is 36.7 Å². The highest BCUT2D eigenvalue weighted by atomic mass is 32.2. The molecule has 0 aliphatic carbocycles. The van der Waals surface area contributed by atoms with Crippen molar-refractivity contribution in [2.75, 3.05) is 25.1 Å². The van der Waals surface area contributed by atoms with Crippen LogP contribution >= 0.6 is 11.8 Å². The number of aliphatic carboxylic acids is 1. The summed E-state index contributed by atoms with van der Waals surface area (Å²) < 4.78 is 0. The maximum atomic E-state index is 11.8. The second-order valence-electron chi connectivity index (χ2n) is 4.61. The molecular formula is C12H22N2O3S. The van der Waals surface area contributed by atoms with Crippen molar-refractivity contribution in [1.29, 1.82) is 0 Å². The van der Waals surface area contributed by atoms with Gasteiger partial charge in [-0.3, -0.25) is 0 Å². The number of thioether (sulfide) groups is 1. The van der Waals surface area contributed by atoms with E-state index in [9.17, 15) is 9.59 Å². The molecule has 0 aromatic carbocycles. The Bertz CT molecular complexity index is 293. The van der Waals surface area contributed by atoms with Crippen molar-refractivity contribution in [2.45, 2.75) is 32.2 Å². The van der Waals surface area contributed by atoms with E-state index in [1.807, 2.05) is 11.8 Å². The SMILES string of the molecule is CCC(C(=O)O)N(C)C(=O)NCC1CCSCC1. The molecule has 1 saturated heterocycles. The van der Waals surface area contributed by atoms with Crippen LogP contribution in [0.3, 0.4) is 0 Å². The first-order valence-electron chi connectivity index (χ1n) is 6.37. The summed E-state index contributed by atoms with van der Waals surface area (Å²) in [6, 6.07) is -1.03. The lowest BCUT2D eigenvalue weighted by molar-refractivity contribution is -0.141. The zero-order valence-corrected chi connectivity index (χ0v) is 11.8. The molecule has 0 bridgehead atoms. The summed E-state index contributed by atoms with van der Waals surface area (Å²) in [5.41, 5.74) is 0. The molecule has 0 saturated carbocycles. The average molecular weight is 274 g/mol. The lowest BCUT2D eigenvalue weighted by Crippen LogP contribution is -2.48. The van der Waals surface area contributed by atoms with Gasteiger partial charge in [0, 0.05) is 13.6 Å². The molecule has 5 nitrogen and oxygen atoms in total. The molecule has 2 N–H and O–H groups in total. The molecule has 1 aliphatic heterocycles. The van der Waals surface area contributed by atoms with Crippen molar-refractivity contribution in [2.24, 2.45) is 5.92 Å². The van der Waals surface area contributed by atoms with Gasteiger partial charge in [0.25, 0.3) is 0 Å². The van der Waals surface area contributed by atoms with Gasteiger partial charge in [-0.15, -0.1) is 0 Å². The number of nitrogens with zero attached hydrogens (tertiary/aromatic N) is 1. The summed E-state index contributed by atoms with van der Waals surface area (Å²) in [5.74, 6) is 1.89. The summed E-state index contributed by atoms with van der Waals surface area (Å²) >= 11 is 1.95. The van der Waals surface area contributed by atoms with Crippen molar-refractivity contribution in [3.05, 3.63) is 0 Å². The highest BCUT2D eigenvalue weighted by Crippen LogP contribution is 2.21. The molecule has 1 fully saturated rings. The lowest BCUT2D eigenvalue weighted by atomic mass is 10.0. The van der Waals surface area contributed by atoms with Crippen molar-refractivity contribution in [3.63, 3.8) is 0 Å². The third-order valence-electron chi connectivity index (χ3n) is 3.34. The van der Waals surface area contributed by atoms with E-state index in [2.05, 4.69) is 5.32 Å². The summed E-state index contributed by atoms with van der Waals surface area (Å²) in [7, 11) is 1.54. The largest absolute Gasteiger partial charge is 0.480 e. The Morgan fingerprint density at radius 2 is 2.06 bits per heavy atom. The predicted octanol–water partition coefficient (Wildman–Crippen LogP) is 1.63. The van der Waals surface area contributed by atoms with E-state index in [1.165, 1.54) is 11.9 Å². The van der Waals surface area contributed by atoms with Gasteiger partial charge < -0.3 is 15.3 Å². The number of urea groups is 1. The molecule has 1 rings (SSSR count). The molecule has 0 aromatic rings. The van der Waals surface area contributed by atoms with Gasteiger partial charge in [-0.2, -0.15) is 11.8 Å². The third-order valence-corrected chi connectivity index (χ3v) is 4.39. The Labute approximate surface area is 112 Å². The molecule has 1 heterocycles. The summed E-state index contributed by atoms with van der Waals surface area (Å²) in [5, 5.41) is 11.8. The number of rotatable bonds is 5. The Morgan fingerprint density at radius 1 is 1.44 bits per heavy atom. The molecule has 1 atom stereocenters. The fourth-order valence-corrected chi connectivity index (χ4v) is 3.27. The maximum absolute atomic E-state index is 11.8. The van der Waals surface area contributed by atoms with Gasteiger partial charge in [0.05, 0.1) is 0 Å². The molecule has 18 heavy (non-hydrogen) atoms. The Morgan fingerprint density at radius 3 is 2.56 bits per heavy atom. The van der Waals surface area contributed by atoms with Crippen LogP contribution in [0.15, 0.2) is 0 Å². The number of amides is 2. The van der Waals surface area contributed by atoms with Gasteiger partial charge in [0.15, 0.2) is 0 Å². The molecule has 0 radical (unpaired) electrons. The van der Waals surface area contributed by atoms with Crippen LogP contribution in [0, 0.1) is 5.92 Å². The third kappa shape index (κ3) is 4.40. The van der Waals surface area contributed by atoms with Crippen molar-refractivity contribution < 1.29 is 14.7 Å². The molecular weight excluding hydrogens is 252 g/mol. The number of nitrogens with one attached hydrogen (secondary N) is 1. The van der Waals surface area contributed by atoms with Gasteiger partial charge in [0.1, 0.15) is 6.04 Å². The number of carbonyl (C=O) groups is 2. The molecule has 1 unspecified atom stereocenters. The van der Waals surface area contributed by atoms with E-state index < -0.39 is 12.0 Å². The van der Waals surface area contributed by atoms with Crippen molar-refractivity contribution in [3.8, 4) is 0 Å². The average Bonchev–Trinajstić information content (AvgIpc) is 2.37. The second kappa shape index (κ2) is 7.51. The van der Waals surface area contributed by atoms with Crippen LogP contribution in [0.2, 0.25) is 0 Å². The normalized spacial score (nSPS) is 18.1. The first kappa shape index (κ1) is 15.1. The molecule has 1 aliphatic rings. The summed E-state index contributed by atoms with van der Waals surface area (Å²) in [6.07, 6.45) is 2.68. The number of likely N-dealkylation sites (N-methyl/N-ethyl adjacent to an activating group) is 1. The maximum Gasteiger partial charge on any atom is 0.326 e. The Balaban J connectivity index is 2.36. The van der Waals surface area contributed by atoms with E-state index in [-0.39, 0.29) is 6.03 Å². The van der Waals surface area contributed by atoms with E-state index in [0.717, 1.165) is 24.3 Å². The van der Waals surface area contributed by atoms with E-state index in [0.29, 0.717) is 18.9 Å². The van der Waals surface area contributed by atoms with E-state index in [1.54, 1.807) is 6.92 Å². The number of hydrogen-bond acceptors (Lipinski definition) is 3. The summed E-state index contributed by atoms with van der Waals surface area (Å²) in [4.78, 5) is 24.1. The van der Waals surface area contributed by atoms with Gasteiger partial charge in [-0.1, -0.05) is 6.92 Å². The quantitative estimate of drug-likeness (QED) is 0.799. The minimum atomic E-state index is -0.954. The van der Waals surface area contributed by atoms with Gasteiger partial charge in [-0.25, -0.2) is 9.59 Å². The highest BCUT2D eigenvalue weighted by Gasteiger charge is 2.25. The van der Waals surface area contributed by atoms with Crippen LogP contribution < -0.4 is 5.32 Å². The fraction of sp³-hybridized carbons (Fsp3) is 0.833. The zero-order valence-electron chi connectivity index (χ0n) is 11.0. The van der Waals surface area contributed by atoms with Gasteiger partial charge >= 0.3 is 12.0 Å². The Hall–Kier alpha value is -0.910. The van der Waals surface area contributed by atoms with Crippen LogP contribution in [-0.4, -0.2) is 53.1 Å². The summed E-state index contributed by atoms with van der Waals surface area (Å²) in [6.45, 7) is 2.42. The topological polar surface area (TPSA) is 69.6 Å². The van der Waals surface area contributed by atoms with Crippen LogP contribution in [-0.2, 0) is 4.79 Å². The standard InChI is InChI=1S/C12H22N2O3S/c1-3-10(11(15)16)14(2)12(17)13-8-9-4-6-18-7-5-9/h9-10H,3-8H2,1-2H3,(H,13,17)(H,15,16). The molecule has 104 valence electrons. The first-order chi connectivity index (χ1) is 8.56. The highest BCUT2D eigenvalue weighted by molar-refractivity contribution is 7.99. The van der Waals surface area contributed by atoms with Crippen LogP contribution in [0.4, 0.5) is 4.79 Å². The fourth-order valence-electron chi connectivity index (χ4n) is 2.06. The first-order valence-corrected chi connectivity index (χ1v) is 7.53. The van der Waals surface area contributed by atoms with Gasteiger partial charge in [0.2, 0.25) is 0 Å². The second-order valence-corrected chi connectivity index (χ2v) is 5.84. The van der Waals surface area contributed by atoms with E-state index in [4.69, 9.17) is 5.11 Å². The monoisotopic (exact) mass is 274 g/mol. The molecule has 2 amide bonds. The van der Waals surface area contributed by atoms with Crippen LogP contribution in [0.25, 0.3) is 0 Å². The van der Waals surface area contributed by atoms with Crippen molar-refractivity contribution in [1.82, 2.24) is 10.2 Å². The molecule has 0 aromatic heterocycles. The minimum Gasteiger partial charge on any atom is -0.480 e. The number of carbonyl (C=O) groups excluding carboxylic acids is 1. The number of carboxylic acid groups (broad SMARTS) is 1. The van der Waals surface area contributed by atoms with E-state index >= 15 is 0 Å². The Kier molecular flexibility index (Phi) is 6.32. The van der Waals surface area contributed by atoms with Crippen LogP contribution in [0.1, 0.15) is 26.2 Å². The lowest BCUT2D eigenvalue weighted by Gasteiger charge is -2.26. The van der Waals surface area contributed by atoms with Crippen LogP contribution in [0.5, 0.6) is 0 Å². The number of hydrogen-bond donors (Lipinski definition) is 2.